The first kappa shape index (κ1) is 11.7. The third-order valence-electron chi connectivity index (χ3n) is 1.96. The van der Waals surface area contributed by atoms with Gasteiger partial charge in [0, 0.05) is 24.8 Å². The van der Waals surface area contributed by atoms with Crippen molar-refractivity contribution in [3.8, 4) is 0 Å². The highest BCUT2D eigenvalue weighted by Crippen LogP contribution is 1.94. The Labute approximate surface area is 102 Å². The van der Waals surface area contributed by atoms with Crippen LogP contribution in [-0.2, 0) is 4.79 Å². The summed E-state index contributed by atoms with van der Waals surface area (Å²) in [6.07, 6.45) is 7.26. The highest BCUT2D eigenvalue weighted by atomic mass is 16.2. The Morgan fingerprint density at radius 2 is 2.11 bits per heavy atom. The first-order chi connectivity index (χ1) is 8.75. The monoisotopic (exact) mass is 246 g/mol. The number of aromatic nitrogens is 4. The lowest BCUT2D eigenvalue weighted by Crippen LogP contribution is -2.33. The molecule has 0 aliphatic carbocycles. The molecule has 18 heavy (non-hydrogen) atoms. The van der Waals surface area contributed by atoms with Crippen LogP contribution < -0.4 is 10.6 Å². The van der Waals surface area contributed by atoms with Crippen molar-refractivity contribution in [1.82, 2.24) is 25.3 Å². The number of rotatable bonds is 4. The maximum absolute atomic E-state index is 11.5. The van der Waals surface area contributed by atoms with Gasteiger partial charge in [0.2, 0.25) is 11.9 Å². The molecule has 0 aromatic carbocycles. The van der Waals surface area contributed by atoms with Crippen molar-refractivity contribution in [3.05, 3.63) is 36.7 Å². The Bertz CT molecular complexity index is 525. The van der Waals surface area contributed by atoms with Gasteiger partial charge >= 0.3 is 0 Å². The Hall–Kier alpha value is -2.77. The highest BCUT2D eigenvalue weighted by Gasteiger charge is 2.09. The number of carbonyl (C=O) groups is 2. The number of hydrogen-bond donors (Lipinski definition) is 3. The summed E-state index contributed by atoms with van der Waals surface area (Å²) in [5, 5.41) is 4.89. The van der Waals surface area contributed by atoms with Crippen LogP contribution >= 0.6 is 0 Å². The fourth-order valence-corrected chi connectivity index (χ4v) is 1.18. The molecule has 2 heterocycles. The van der Waals surface area contributed by atoms with Gasteiger partial charge in [-0.1, -0.05) is 0 Å². The van der Waals surface area contributed by atoms with Crippen LogP contribution in [0.5, 0.6) is 0 Å². The fraction of sp³-hybridized carbons (Fsp3) is 0.100. The van der Waals surface area contributed by atoms with Gasteiger partial charge in [-0.05, 0) is 0 Å². The summed E-state index contributed by atoms with van der Waals surface area (Å²) in [6, 6.07) is 0. The molecule has 2 amide bonds. The highest BCUT2D eigenvalue weighted by molar-refractivity contribution is 5.97. The molecule has 3 N–H and O–H groups in total. The summed E-state index contributed by atoms with van der Waals surface area (Å²) < 4.78 is 0. The molecule has 2 aromatic heterocycles. The van der Waals surface area contributed by atoms with Crippen LogP contribution in [0.1, 0.15) is 10.5 Å². The maximum atomic E-state index is 11.5. The van der Waals surface area contributed by atoms with E-state index < -0.39 is 5.91 Å². The molecule has 0 spiro atoms. The maximum Gasteiger partial charge on any atom is 0.271 e. The topological polar surface area (TPSA) is 113 Å². The van der Waals surface area contributed by atoms with Gasteiger partial charge < -0.3 is 10.3 Å². The summed E-state index contributed by atoms with van der Waals surface area (Å²) in [4.78, 5) is 37.0. The molecule has 0 aliphatic rings. The van der Waals surface area contributed by atoms with Gasteiger partial charge in [0.25, 0.3) is 5.91 Å². The predicted octanol–water partition coefficient (Wildman–Crippen LogP) is -0.432. The van der Waals surface area contributed by atoms with Gasteiger partial charge in [-0.3, -0.25) is 19.9 Å². The standard InChI is InChI=1S/C10H10N6O2/c17-8(16-10-13-3-4-14-10)6-15-9(18)7-5-11-1-2-12-7/h1-5H,6H2,(H,15,18)(H2,13,14,16,17). The average Bonchev–Trinajstić information content (AvgIpc) is 2.90. The van der Waals surface area contributed by atoms with Crippen molar-refractivity contribution < 1.29 is 9.59 Å². The zero-order valence-electron chi connectivity index (χ0n) is 9.25. The van der Waals surface area contributed by atoms with Crippen LogP contribution in [0.4, 0.5) is 5.95 Å². The number of imidazole rings is 1. The van der Waals surface area contributed by atoms with E-state index in [4.69, 9.17) is 0 Å². The molecular formula is C10H10N6O2. The molecule has 0 saturated heterocycles. The van der Waals surface area contributed by atoms with Crippen LogP contribution in [0, 0.1) is 0 Å². The SMILES string of the molecule is O=C(CNC(=O)c1cnccn1)Nc1ncc[nH]1. The molecule has 0 fully saturated rings. The van der Waals surface area contributed by atoms with Crippen LogP contribution in [0.25, 0.3) is 0 Å². The van der Waals surface area contributed by atoms with E-state index in [1.54, 1.807) is 6.20 Å². The number of anilines is 1. The van der Waals surface area contributed by atoms with Gasteiger partial charge in [0.15, 0.2) is 0 Å². The second-order valence-corrected chi connectivity index (χ2v) is 3.26. The van der Waals surface area contributed by atoms with E-state index in [0.29, 0.717) is 5.95 Å². The Kier molecular flexibility index (Phi) is 3.59. The van der Waals surface area contributed by atoms with Crippen LogP contribution in [0.2, 0.25) is 0 Å². The van der Waals surface area contributed by atoms with Crippen LogP contribution in [0.15, 0.2) is 31.0 Å². The van der Waals surface area contributed by atoms with E-state index in [2.05, 4.69) is 30.6 Å². The average molecular weight is 246 g/mol. The van der Waals surface area contributed by atoms with E-state index >= 15 is 0 Å². The lowest BCUT2D eigenvalue weighted by atomic mass is 10.4. The smallest absolute Gasteiger partial charge is 0.271 e. The Morgan fingerprint density at radius 3 is 2.78 bits per heavy atom. The molecule has 8 nitrogen and oxygen atoms in total. The van der Waals surface area contributed by atoms with Gasteiger partial charge in [-0.25, -0.2) is 9.97 Å². The minimum Gasteiger partial charge on any atom is -0.342 e. The summed E-state index contributed by atoms with van der Waals surface area (Å²) in [6.45, 7) is -0.171. The largest absolute Gasteiger partial charge is 0.342 e. The van der Waals surface area contributed by atoms with E-state index in [1.165, 1.54) is 24.8 Å². The minimum absolute atomic E-state index is 0.156. The number of aromatic amines is 1. The number of H-pyrrole nitrogens is 1. The zero-order valence-corrected chi connectivity index (χ0v) is 9.25. The normalized spacial score (nSPS) is 9.78. The number of nitrogens with zero attached hydrogens (tertiary/aromatic N) is 3. The van der Waals surface area contributed by atoms with Crippen molar-refractivity contribution in [3.63, 3.8) is 0 Å². The quantitative estimate of drug-likeness (QED) is 0.677. The predicted molar refractivity (Wildman–Crippen MR) is 61.6 cm³/mol. The molecule has 2 rings (SSSR count). The lowest BCUT2D eigenvalue weighted by molar-refractivity contribution is -0.115. The zero-order chi connectivity index (χ0) is 12.8. The Morgan fingerprint density at radius 1 is 1.22 bits per heavy atom. The van der Waals surface area contributed by atoms with Gasteiger partial charge in [0.1, 0.15) is 5.69 Å². The van der Waals surface area contributed by atoms with Crippen LogP contribution in [0.3, 0.4) is 0 Å². The first-order valence-electron chi connectivity index (χ1n) is 5.09. The second kappa shape index (κ2) is 5.53. The Balaban J connectivity index is 1.81. The van der Waals surface area contributed by atoms with Crippen molar-refractivity contribution in [1.29, 1.82) is 0 Å². The number of nitrogens with one attached hydrogen (secondary N) is 3. The summed E-state index contributed by atoms with van der Waals surface area (Å²) in [7, 11) is 0. The minimum atomic E-state index is -0.460. The van der Waals surface area contributed by atoms with Gasteiger partial charge in [0.05, 0.1) is 12.7 Å². The molecule has 0 aliphatic heterocycles. The van der Waals surface area contributed by atoms with Gasteiger partial charge in [-0.15, -0.1) is 0 Å². The number of amides is 2. The van der Waals surface area contributed by atoms with E-state index in [1.807, 2.05) is 0 Å². The molecule has 0 bridgehead atoms. The van der Waals surface area contributed by atoms with Crippen molar-refractivity contribution in [2.45, 2.75) is 0 Å². The van der Waals surface area contributed by atoms with Crippen molar-refractivity contribution in [2.24, 2.45) is 0 Å². The van der Waals surface area contributed by atoms with Gasteiger partial charge in [-0.2, -0.15) is 0 Å². The van der Waals surface area contributed by atoms with E-state index in [0.717, 1.165) is 0 Å². The molecule has 0 atom stereocenters. The third kappa shape index (κ3) is 3.11. The van der Waals surface area contributed by atoms with E-state index in [9.17, 15) is 9.59 Å². The lowest BCUT2D eigenvalue weighted by Gasteiger charge is -2.04. The molecule has 0 radical (unpaired) electrons. The molecule has 0 saturated carbocycles. The summed E-state index contributed by atoms with van der Waals surface area (Å²) in [5.74, 6) is -0.520. The molecule has 0 unspecified atom stereocenters. The van der Waals surface area contributed by atoms with E-state index in [-0.39, 0.29) is 18.1 Å². The second-order valence-electron chi connectivity index (χ2n) is 3.26. The number of carbonyl (C=O) groups excluding carboxylic acids is 2. The van der Waals surface area contributed by atoms with Crippen molar-refractivity contribution >= 4 is 17.8 Å². The number of hydrogen-bond acceptors (Lipinski definition) is 5. The van der Waals surface area contributed by atoms with Crippen LogP contribution in [-0.4, -0.2) is 38.3 Å². The third-order valence-corrected chi connectivity index (χ3v) is 1.96. The fourth-order valence-electron chi connectivity index (χ4n) is 1.18. The van der Waals surface area contributed by atoms with Crippen molar-refractivity contribution in [2.75, 3.05) is 11.9 Å². The summed E-state index contributed by atoms with van der Waals surface area (Å²) >= 11 is 0. The summed E-state index contributed by atoms with van der Waals surface area (Å²) in [5.41, 5.74) is 0.156. The molecule has 8 heteroatoms. The first-order valence-corrected chi connectivity index (χ1v) is 5.09. The molecular weight excluding hydrogens is 236 g/mol. The molecule has 92 valence electrons. The molecule has 2 aromatic rings.